The number of aryl methyl sites for hydroxylation is 3. The van der Waals surface area contributed by atoms with Crippen molar-refractivity contribution in [1.29, 1.82) is 0 Å². The Bertz CT molecular complexity index is 2370. The van der Waals surface area contributed by atoms with Gasteiger partial charge in [-0.25, -0.2) is 4.79 Å². The molecule has 0 N–H and O–H groups in total. The summed E-state index contributed by atoms with van der Waals surface area (Å²) in [5.74, 6) is 1.29. The minimum atomic E-state index is -0.887. The zero-order valence-electron chi connectivity index (χ0n) is 28.7. The molecule has 5 aromatic carbocycles. The van der Waals surface area contributed by atoms with Crippen LogP contribution in [-0.4, -0.2) is 11.7 Å². The minimum Gasteiger partial charge on any atom is -0.497 e. The molecule has 1 spiro atoms. The van der Waals surface area contributed by atoms with E-state index in [4.69, 9.17) is 13.9 Å². The molecule has 2 aliphatic carbocycles. The summed E-state index contributed by atoms with van der Waals surface area (Å²) in [5.41, 5.74) is 11.4. The molecule has 5 nitrogen and oxygen atoms in total. The lowest BCUT2D eigenvalue weighted by Gasteiger charge is -2.40. The molecule has 5 heteroatoms. The van der Waals surface area contributed by atoms with E-state index < -0.39 is 5.60 Å². The second-order valence-electron chi connectivity index (χ2n) is 14.4. The van der Waals surface area contributed by atoms with E-state index in [1.807, 2.05) is 12.1 Å². The Kier molecular flexibility index (Phi) is 6.75. The van der Waals surface area contributed by atoms with Crippen LogP contribution in [0.1, 0.15) is 83.9 Å². The molecular formula is C44H41NO4. The Morgan fingerprint density at radius 2 is 1.45 bits per heavy atom. The maximum atomic E-state index is 12.9. The number of aromatic nitrogens is 1. The van der Waals surface area contributed by atoms with Gasteiger partial charge in [0.2, 0.25) is 0 Å². The average Bonchev–Trinajstić information content (AvgIpc) is 3.55. The van der Waals surface area contributed by atoms with Crippen molar-refractivity contribution in [3.05, 3.63) is 134 Å². The van der Waals surface area contributed by atoms with Gasteiger partial charge in [-0.15, -0.1) is 0 Å². The van der Waals surface area contributed by atoms with Crippen molar-refractivity contribution in [3.63, 3.8) is 0 Å². The smallest absolute Gasteiger partial charge is 0.419 e. The molecule has 6 aromatic rings. The van der Waals surface area contributed by atoms with Crippen LogP contribution in [0.25, 0.3) is 39.1 Å². The van der Waals surface area contributed by atoms with Crippen LogP contribution in [0.4, 0.5) is 0 Å². The normalized spacial score (nSPS) is 19.3. The summed E-state index contributed by atoms with van der Waals surface area (Å²) >= 11 is 0. The van der Waals surface area contributed by atoms with Gasteiger partial charge in [0.25, 0.3) is 0 Å². The highest BCUT2D eigenvalue weighted by atomic mass is 16.5. The van der Waals surface area contributed by atoms with Gasteiger partial charge >= 0.3 is 5.76 Å². The number of hydrogen-bond acceptors (Lipinski definition) is 4. The van der Waals surface area contributed by atoms with Crippen LogP contribution < -0.4 is 15.2 Å². The third kappa shape index (κ3) is 4.34. The highest BCUT2D eigenvalue weighted by molar-refractivity contribution is 6.12. The fraction of sp³-hybridized carbons (Fsp3) is 0.295. The van der Waals surface area contributed by atoms with Crippen LogP contribution in [0.5, 0.6) is 11.5 Å². The number of methoxy groups -OCH3 is 1. The van der Waals surface area contributed by atoms with Gasteiger partial charge in [-0.05, 0) is 84.7 Å². The van der Waals surface area contributed by atoms with Crippen molar-refractivity contribution in [3.8, 4) is 22.6 Å². The summed E-state index contributed by atoms with van der Waals surface area (Å²) in [7, 11) is 3.47. The molecule has 1 atom stereocenters. The first-order chi connectivity index (χ1) is 23.8. The number of nitrogens with zero attached hydrogens (tertiary/aromatic N) is 1. The first-order valence-electron chi connectivity index (χ1n) is 17.7. The Labute approximate surface area is 286 Å². The van der Waals surface area contributed by atoms with E-state index >= 15 is 0 Å². The second-order valence-corrected chi connectivity index (χ2v) is 14.4. The van der Waals surface area contributed by atoms with Crippen LogP contribution in [0.15, 0.2) is 94.2 Å². The maximum Gasteiger partial charge on any atom is 0.419 e. The summed E-state index contributed by atoms with van der Waals surface area (Å²) in [4.78, 5) is 12.9. The molecular weight excluding hydrogens is 606 g/mol. The van der Waals surface area contributed by atoms with Crippen LogP contribution in [0.3, 0.4) is 0 Å². The van der Waals surface area contributed by atoms with Gasteiger partial charge in [-0.3, -0.25) is 4.57 Å². The molecule has 1 fully saturated rings. The largest absolute Gasteiger partial charge is 0.497 e. The molecule has 3 aliphatic rings. The number of hydrogen-bond donors (Lipinski definition) is 0. The van der Waals surface area contributed by atoms with Gasteiger partial charge in [-0.1, -0.05) is 104 Å². The summed E-state index contributed by atoms with van der Waals surface area (Å²) in [5, 5.41) is 2.06. The fourth-order valence-electron chi connectivity index (χ4n) is 9.09. The Balaban J connectivity index is 1.41. The second kappa shape index (κ2) is 11.0. The fourth-order valence-corrected chi connectivity index (χ4v) is 9.09. The van der Waals surface area contributed by atoms with E-state index in [2.05, 4.69) is 92.7 Å². The molecule has 246 valence electrons. The summed E-state index contributed by atoms with van der Waals surface area (Å²) < 4.78 is 20.6. The molecule has 1 unspecified atom stereocenters. The van der Waals surface area contributed by atoms with Crippen LogP contribution in [-0.2, 0) is 18.1 Å². The lowest BCUT2D eigenvalue weighted by molar-refractivity contribution is 0.163. The van der Waals surface area contributed by atoms with Crippen molar-refractivity contribution < 1.29 is 13.9 Å². The third-order valence-electron chi connectivity index (χ3n) is 11.6. The van der Waals surface area contributed by atoms with Crippen LogP contribution >= 0.6 is 0 Å². The zero-order chi connectivity index (χ0) is 33.5. The number of fused-ring (bicyclic) bond motifs is 11. The lowest BCUT2D eigenvalue weighted by atomic mass is 9.67. The average molecular weight is 648 g/mol. The minimum absolute atomic E-state index is 0.125. The van der Waals surface area contributed by atoms with Crippen molar-refractivity contribution in [2.24, 2.45) is 7.05 Å². The third-order valence-corrected chi connectivity index (χ3v) is 11.6. The summed E-state index contributed by atoms with van der Waals surface area (Å²) in [6, 6.07) is 28.1. The van der Waals surface area contributed by atoms with Crippen molar-refractivity contribution in [2.75, 3.05) is 7.11 Å². The standard InChI is InChI=1S/C44H41NO4/c1-27-10-13-29(14-11-27)44(30-15-17-31(47-4)18-16-30)23-20-33-40-39(34-26-38-37(45(3)42(46)48-38)25-35(34)41(33)49-44)32-19-12-28(2)24-36(32)43(40)21-8-6-5-7-9-22-43/h10-20,23-26H,5-9,21-22H2,1-4H3. The first-order valence-corrected chi connectivity index (χ1v) is 17.7. The summed E-state index contributed by atoms with van der Waals surface area (Å²) in [6.07, 6.45) is 13.0. The van der Waals surface area contributed by atoms with Gasteiger partial charge in [0.05, 0.1) is 12.6 Å². The van der Waals surface area contributed by atoms with Gasteiger partial charge in [0.1, 0.15) is 11.5 Å². The number of ether oxygens (including phenoxy) is 2. The number of rotatable bonds is 3. The quantitative estimate of drug-likeness (QED) is 0.192. The highest BCUT2D eigenvalue weighted by Crippen LogP contribution is 2.62. The maximum absolute atomic E-state index is 12.9. The molecule has 0 bridgehead atoms. The van der Waals surface area contributed by atoms with E-state index in [0.29, 0.717) is 5.58 Å². The van der Waals surface area contributed by atoms with E-state index in [1.165, 1.54) is 65.5 Å². The van der Waals surface area contributed by atoms with Gasteiger partial charge < -0.3 is 13.9 Å². The predicted molar refractivity (Wildman–Crippen MR) is 197 cm³/mol. The number of benzene rings is 5. The molecule has 0 radical (unpaired) electrons. The lowest BCUT2D eigenvalue weighted by Crippen LogP contribution is -2.35. The first kappa shape index (κ1) is 30.1. The predicted octanol–water partition coefficient (Wildman–Crippen LogP) is 10.3. The van der Waals surface area contributed by atoms with E-state index in [9.17, 15) is 4.79 Å². The van der Waals surface area contributed by atoms with Crippen LogP contribution in [0.2, 0.25) is 0 Å². The van der Waals surface area contributed by atoms with Crippen molar-refractivity contribution in [2.45, 2.75) is 69.8 Å². The monoisotopic (exact) mass is 647 g/mol. The molecule has 2 heterocycles. The summed E-state index contributed by atoms with van der Waals surface area (Å²) in [6.45, 7) is 4.32. The van der Waals surface area contributed by atoms with Crippen molar-refractivity contribution >= 4 is 27.9 Å². The van der Waals surface area contributed by atoms with E-state index in [-0.39, 0.29) is 11.2 Å². The highest BCUT2D eigenvalue weighted by Gasteiger charge is 2.48. The van der Waals surface area contributed by atoms with Gasteiger partial charge in [-0.2, -0.15) is 0 Å². The SMILES string of the molecule is COc1ccc(C2(c3ccc(C)cc3)C=Cc3c4c(c5cc6oc(=O)n(C)c6cc5c3O2)-c2ccc(C)cc2C42CCCCCCC2)cc1. The van der Waals surface area contributed by atoms with Crippen LogP contribution in [0, 0.1) is 13.8 Å². The molecule has 0 amide bonds. The molecule has 1 aliphatic heterocycles. The molecule has 0 saturated heterocycles. The molecule has 49 heavy (non-hydrogen) atoms. The number of oxazole rings is 1. The Morgan fingerprint density at radius 3 is 2.16 bits per heavy atom. The Hall–Kier alpha value is -5.03. The van der Waals surface area contributed by atoms with E-state index in [0.717, 1.165) is 57.3 Å². The topological polar surface area (TPSA) is 53.6 Å². The molecule has 1 saturated carbocycles. The molecule has 9 rings (SSSR count). The van der Waals surface area contributed by atoms with Gasteiger partial charge in [0, 0.05) is 34.5 Å². The Morgan fingerprint density at radius 1 is 0.776 bits per heavy atom. The zero-order valence-corrected chi connectivity index (χ0v) is 28.7. The van der Waals surface area contributed by atoms with E-state index in [1.54, 1.807) is 18.7 Å². The molecule has 1 aromatic heterocycles. The van der Waals surface area contributed by atoms with Gasteiger partial charge in [0.15, 0.2) is 11.2 Å². The van der Waals surface area contributed by atoms with Crippen molar-refractivity contribution in [1.82, 2.24) is 4.57 Å².